The van der Waals surface area contributed by atoms with E-state index in [0.29, 0.717) is 12.5 Å². The van der Waals surface area contributed by atoms with E-state index in [1.165, 1.54) is 19.3 Å². The van der Waals surface area contributed by atoms with Crippen molar-refractivity contribution < 1.29 is 19.7 Å². The van der Waals surface area contributed by atoms with Crippen LogP contribution in [0.25, 0.3) is 0 Å². The molecule has 0 unspecified atom stereocenters. The van der Waals surface area contributed by atoms with Gasteiger partial charge in [0.2, 0.25) is 0 Å². The van der Waals surface area contributed by atoms with Gasteiger partial charge in [0.25, 0.3) is 0 Å². The summed E-state index contributed by atoms with van der Waals surface area (Å²) >= 11 is 0. The Balaban J connectivity index is 2.09. The fourth-order valence-electron chi connectivity index (χ4n) is 1.57. The molecule has 0 bridgehead atoms. The molecule has 1 saturated carbocycles. The van der Waals surface area contributed by atoms with Crippen molar-refractivity contribution in [1.29, 1.82) is 0 Å². The van der Waals surface area contributed by atoms with Crippen molar-refractivity contribution in [3.05, 3.63) is 0 Å². The van der Waals surface area contributed by atoms with E-state index in [2.05, 4.69) is 9.62 Å². The first-order valence-corrected chi connectivity index (χ1v) is 4.31. The van der Waals surface area contributed by atoms with Crippen molar-refractivity contribution in [2.24, 2.45) is 5.92 Å². The monoisotopic (exact) mass is 174 g/mol. The average molecular weight is 174 g/mol. The van der Waals surface area contributed by atoms with Crippen molar-refractivity contribution in [3.63, 3.8) is 0 Å². The zero-order valence-corrected chi connectivity index (χ0v) is 6.99. The molecule has 0 aromatic heterocycles. The number of carbonyl (C=O) groups excluding carboxylic acids is 1. The topological polar surface area (TPSA) is 55.8 Å². The van der Waals surface area contributed by atoms with E-state index in [9.17, 15) is 4.79 Å². The molecule has 1 N–H and O–H groups in total. The molecule has 0 spiro atoms. The fourth-order valence-corrected chi connectivity index (χ4v) is 1.57. The van der Waals surface area contributed by atoms with Gasteiger partial charge in [0.1, 0.15) is 0 Å². The molecule has 0 atom stereocenters. The Morgan fingerprint density at radius 2 is 2.00 bits per heavy atom. The standard InChI is InChI=1S/C8H14O4/c9-8(12-10)11-6-7-4-2-1-3-5-7/h7,10H,1-6H2. The molecule has 0 aromatic carbocycles. The maximum Gasteiger partial charge on any atom is 0.540 e. The van der Waals surface area contributed by atoms with E-state index in [0.717, 1.165) is 12.8 Å². The third-order valence-corrected chi connectivity index (χ3v) is 2.24. The molecule has 0 aromatic rings. The molecule has 4 nitrogen and oxygen atoms in total. The third-order valence-electron chi connectivity index (χ3n) is 2.24. The molecular formula is C8H14O4. The van der Waals surface area contributed by atoms with Crippen LogP contribution in [0, 0.1) is 5.92 Å². The average Bonchev–Trinajstić information content (AvgIpc) is 2.16. The van der Waals surface area contributed by atoms with E-state index in [4.69, 9.17) is 5.26 Å². The number of ether oxygens (including phenoxy) is 1. The quantitative estimate of drug-likeness (QED) is 0.396. The highest BCUT2D eigenvalue weighted by Crippen LogP contribution is 2.23. The van der Waals surface area contributed by atoms with Crippen molar-refractivity contribution in [2.75, 3.05) is 6.61 Å². The van der Waals surface area contributed by atoms with Crippen LogP contribution in [0.2, 0.25) is 0 Å². The van der Waals surface area contributed by atoms with Gasteiger partial charge < -0.3 is 4.74 Å². The molecule has 0 aliphatic heterocycles. The molecular weight excluding hydrogens is 160 g/mol. The molecule has 0 radical (unpaired) electrons. The van der Waals surface area contributed by atoms with Crippen LogP contribution in [0.3, 0.4) is 0 Å². The van der Waals surface area contributed by atoms with Crippen LogP contribution in [-0.4, -0.2) is 18.0 Å². The maximum atomic E-state index is 10.4. The van der Waals surface area contributed by atoms with Gasteiger partial charge in [-0.15, -0.1) is 0 Å². The van der Waals surface area contributed by atoms with Crippen LogP contribution in [0.15, 0.2) is 0 Å². The zero-order chi connectivity index (χ0) is 8.81. The molecule has 12 heavy (non-hydrogen) atoms. The minimum atomic E-state index is -0.999. The summed E-state index contributed by atoms with van der Waals surface area (Å²) in [5, 5.41) is 7.89. The van der Waals surface area contributed by atoms with E-state index in [1.54, 1.807) is 0 Å². The Morgan fingerprint density at radius 3 is 2.58 bits per heavy atom. The summed E-state index contributed by atoms with van der Waals surface area (Å²) in [6.45, 7) is 0.374. The predicted octanol–water partition coefficient (Wildman–Crippen LogP) is 2.19. The Kier molecular flexibility index (Phi) is 3.87. The zero-order valence-electron chi connectivity index (χ0n) is 6.99. The van der Waals surface area contributed by atoms with Crippen LogP contribution in [0.1, 0.15) is 32.1 Å². The second-order valence-corrected chi connectivity index (χ2v) is 3.16. The number of carbonyl (C=O) groups is 1. The van der Waals surface area contributed by atoms with Crippen molar-refractivity contribution >= 4 is 6.16 Å². The molecule has 1 rings (SSSR count). The van der Waals surface area contributed by atoms with Gasteiger partial charge in [0.05, 0.1) is 6.61 Å². The van der Waals surface area contributed by atoms with E-state index >= 15 is 0 Å². The lowest BCUT2D eigenvalue weighted by atomic mass is 9.90. The summed E-state index contributed by atoms with van der Waals surface area (Å²) < 4.78 is 4.62. The summed E-state index contributed by atoms with van der Waals surface area (Å²) in [5.41, 5.74) is 0. The fraction of sp³-hybridized carbons (Fsp3) is 0.875. The van der Waals surface area contributed by atoms with Crippen molar-refractivity contribution in [2.45, 2.75) is 32.1 Å². The van der Waals surface area contributed by atoms with E-state index in [-0.39, 0.29) is 0 Å². The van der Waals surface area contributed by atoms with Gasteiger partial charge >= 0.3 is 6.16 Å². The van der Waals surface area contributed by atoms with Crippen LogP contribution >= 0.6 is 0 Å². The van der Waals surface area contributed by atoms with Crippen LogP contribution in [0.4, 0.5) is 4.79 Å². The molecule has 1 aliphatic rings. The minimum Gasteiger partial charge on any atom is -0.432 e. The predicted molar refractivity (Wildman–Crippen MR) is 41.6 cm³/mol. The highest BCUT2D eigenvalue weighted by Gasteiger charge is 2.15. The Bertz CT molecular complexity index is 140. The first-order valence-electron chi connectivity index (χ1n) is 4.31. The van der Waals surface area contributed by atoms with E-state index in [1.807, 2.05) is 0 Å². The van der Waals surface area contributed by atoms with Crippen LogP contribution in [-0.2, 0) is 9.62 Å². The van der Waals surface area contributed by atoms with Gasteiger partial charge in [-0.3, -0.25) is 4.89 Å². The summed E-state index contributed by atoms with van der Waals surface area (Å²) in [6.07, 6.45) is 4.92. The summed E-state index contributed by atoms with van der Waals surface area (Å²) in [5.74, 6) is 0.456. The lowest BCUT2D eigenvalue weighted by Crippen LogP contribution is -2.16. The number of hydrogen-bond donors (Lipinski definition) is 1. The highest BCUT2D eigenvalue weighted by atomic mass is 17.1. The lowest BCUT2D eigenvalue weighted by molar-refractivity contribution is -0.201. The largest absolute Gasteiger partial charge is 0.540 e. The highest BCUT2D eigenvalue weighted by molar-refractivity contribution is 5.58. The second-order valence-electron chi connectivity index (χ2n) is 3.16. The Hall–Kier alpha value is -0.770. The maximum absolute atomic E-state index is 10.4. The molecule has 4 heteroatoms. The van der Waals surface area contributed by atoms with Gasteiger partial charge in [-0.05, 0) is 18.8 Å². The Labute approximate surface area is 71.4 Å². The van der Waals surface area contributed by atoms with Gasteiger partial charge in [-0.25, -0.2) is 4.79 Å². The number of rotatable bonds is 2. The van der Waals surface area contributed by atoms with E-state index < -0.39 is 6.16 Å². The smallest absolute Gasteiger partial charge is 0.432 e. The van der Waals surface area contributed by atoms with Crippen molar-refractivity contribution in [3.8, 4) is 0 Å². The SMILES string of the molecule is O=C(OO)OCC1CCCCC1. The van der Waals surface area contributed by atoms with Gasteiger partial charge in [-0.2, -0.15) is 5.26 Å². The first kappa shape index (κ1) is 9.32. The first-order chi connectivity index (χ1) is 5.83. The van der Waals surface area contributed by atoms with Gasteiger partial charge in [-0.1, -0.05) is 19.3 Å². The van der Waals surface area contributed by atoms with Crippen LogP contribution in [0.5, 0.6) is 0 Å². The molecule has 1 fully saturated rings. The van der Waals surface area contributed by atoms with Crippen LogP contribution < -0.4 is 0 Å². The normalized spacial score (nSPS) is 18.8. The molecule has 1 aliphatic carbocycles. The molecule has 0 saturated heterocycles. The number of hydrogen-bond acceptors (Lipinski definition) is 4. The lowest BCUT2D eigenvalue weighted by Gasteiger charge is -2.20. The van der Waals surface area contributed by atoms with Gasteiger partial charge in [0, 0.05) is 0 Å². The van der Waals surface area contributed by atoms with Gasteiger partial charge in [0.15, 0.2) is 0 Å². The minimum absolute atomic E-state index is 0.374. The van der Waals surface area contributed by atoms with Crippen molar-refractivity contribution in [1.82, 2.24) is 0 Å². The summed E-state index contributed by atoms with van der Waals surface area (Å²) in [7, 11) is 0. The molecule has 0 amide bonds. The summed E-state index contributed by atoms with van der Waals surface area (Å²) in [4.78, 5) is 13.7. The summed E-state index contributed by atoms with van der Waals surface area (Å²) in [6, 6.07) is 0. The molecule has 70 valence electrons. The second kappa shape index (κ2) is 4.98. The Morgan fingerprint density at radius 1 is 1.33 bits per heavy atom. The third kappa shape index (κ3) is 3.09. The molecule has 0 heterocycles.